The Kier molecular flexibility index (Phi) is 5.79. The van der Waals surface area contributed by atoms with Gasteiger partial charge < -0.3 is 15.7 Å². The van der Waals surface area contributed by atoms with Gasteiger partial charge in [-0.3, -0.25) is 9.59 Å². The molecule has 2 amide bonds. The summed E-state index contributed by atoms with van der Waals surface area (Å²) in [5.41, 5.74) is -0.159. The Labute approximate surface area is 115 Å². The third kappa shape index (κ3) is 4.49. The van der Waals surface area contributed by atoms with Gasteiger partial charge in [-0.15, -0.1) is 0 Å². The summed E-state index contributed by atoms with van der Waals surface area (Å²) in [5, 5.41) is 15.1. The van der Waals surface area contributed by atoms with Crippen molar-refractivity contribution in [2.24, 2.45) is 11.3 Å². The van der Waals surface area contributed by atoms with Gasteiger partial charge in [-0.05, 0) is 18.8 Å². The van der Waals surface area contributed by atoms with Crippen molar-refractivity contribution >= 4 is 11.8 Å². The average molecular weight is 270 g/mol. The lowest BCUT2D eigenvalue weighted by atomic mass is 9.87. The first-order chi connectivity index (χ1) is 8.90. The largest absolute Gasteiger partial charge is 0.396 e. The third-order valence-electron chi connectivity index (χ3n) is 3.95. The maximum Gasteiger partial charge on any atom is 0.242 e. The standard InChI is InChI=1S/C14H26N2O3/c1-10(2)12(16-11(3)18)13(19)15-8-14(9-17)6-4-5-7-14/h10,12,17H,4-9H2,1-3H3,(H,15,19)(H,16,18). The lowest BCUT2D eigenvalue weighted by Gasteiger charge is -2.28. The highest BCUT2D eigenvalue weighted by Gasteiger charge is 2.34. The summed E-state index contributed by atoms with van der Waals surface area (Å²) in [7, 11) is 0. The number of aliphatic hydroxyl groups excluding tert-OH is 1. The maximum absolute atomic E-state index is 12.1. The fourth-order valence-electron chi connectivity index (χ4n) is 2.65. The molecule has 0 aliphatic heterocycles. The Morgan fingerprint density at radius 2 is 1.84 bits per heavy atom. The van der Waals surface area contributed by atoms with Crippen molar-refractivity contribution in [1.29, 1.82) is 0 Å². The molecule has 0 aromatic rings. The SMILES string of the molecule is CC(=O)NC(C(=O)NCC1(CO)CCCC1)C(C)C. The predicted octanol–water partition coefficient (Wildman–Crippen LogP) is 0.816. The molecule has 1 fully saturated rings. The van der Waals surface area contributed by atoms with Crippen LogP contribution in [0, 0.1) is 11.3 Å². The molecule has 1 atom stereocenters. The lowest BCUT2D eigenvalue weighted by molar-refractivity contribution is -0.129. The zero-order valence-corrected chi connectivity index (χ0v) is 12.2. The molecule has 19 heavy (non-hydrogen) atoms. The van der Waals surface area contributed by atoms with Crippen LogP contribution in [-0.2, 0) is 9.59 Å². The van der Waals surface area contributed by atoms with E-state index in [0.29, 0.717) is 6.54 Å². The predicted molar refractivity (Wildman–Crippen MR) is 73.4 cm³/mol. The van der Waals surface area contributed by atoms with Crippen molar-refractivity contribution in [2.45, 2.75) is 52.5 Å². The molecule has 0 heterocycles. The van der Waals surface area contributed by atoms with Crippen LogP contribution in [0.25, 0.3) is 0 Å². The monoisotopic (exact) mass is 270 g/mol. The van der Waals surface area contributed by atoms with E-state index in [1.165, 1.54) is 6.92 Å². The number of aliphatic hydroxyl groups is 1. The fraction of sp³-hybridized carbons (Fsp3) is 0.857. The highest BCUT2D eigenvalue weighted by molar-refractivity contribution is 5.87. The summed E-state index contributed by atoms with van der Waals surface area (Å²) in [6.45, 7) is 5.81. The van der Waals surface area contributed by atoms with E-state index in [9.17, 15) is 14.7 Å². The van der Waals surface area contributed by atoms with Gasteiger partial charge >= 0.3 is 0 Å². The summed E-state index contributed by atoms with van der Waals surface area (Å²) in [5.74, 6) is -0.325. The van der Waals surface area contributed by atoms with Crippen LogP contribution in [0.15, 0.2) is 0 Å². The number of nitrogens with one attached hydrogen (secondary N) is 2. The second-order valence-corrected chi connectivity index (χ2v) is 6.01. The number of amides is 2. The quantitative estimate of drug-likeness (QED) is 0.668. The van der Waals surface area contributed by atoms with Gasteiger partial charge in [0, 0.05) is 18.9 Å². The number of rotatable bonds is 6. The van der Waals surface area contributed by atoms with Gasteiger partial charge in [0.25, 0.3) is 0 Å². The molecule has 5 nitrogen and oxygen atoms in total. The van der Waals surface area contributed by atoms with E-state index in [1.54, 1.807) is 0 Å². The van der Waals surface area contributed by atoms with Crippen LogP contribution in [0.3, 0.4) is 0 Å². The first-order valence-electron chi connectivity index (χ1n) is 7.06. The van der Waals surface area contributed by atoms with E-state index >= 15 is 0 Å². The maximum atomic E-state index is 12.1. The van der Waals surface area contributed by atoms with Gasteiger partial charge in [0.1, 0.15) is 6.04 Å². The van der Waals surface area contributed by atoms with Gasteiger partial charge in [-0.1, -0.05) is 26.7 Å². The van der Waals surface area contributed by atoms with Gasteiger partial charge in [0.2, 0.25) is 11.8 Å². The highest BCUT2D eigenvalue weighted by atomic mass is 16.3. The fourth-order valence-corrected chi connectivity index (χ4v) is 2.65. The van der Waals surface area contributed by atoms with Crippen molar-refractivity contribution in [3.05, 3.63) is 0 Å². The van der Waals surface area contributed by atoms with E-state index in [-0.39, 0.29) is 29.8 Å². The summed E-state index contributed by atoms with van der Waals surface area (Å²) >= 11 is 0. The van der Waals surface area contributed by atoms with Crippen LogP contribution < -0.4 is 10.6 Å². The molecule has 0 aromatic carbocycles. The van der Waals surface area contributed by atoms with Gasteiger partial charge in [-0.25, -0.2) is 0 Å². The molecular formula is C14H26N2O3. The van der Waals surface area contributed by atoms with Crippen LogP contribution in [0.5, 0.6) is 0 Å². The van der Waals surface area contributed by atoms with E-state index in [0.717, 1.165) is 25.7 Å². The summed E-state index contributed by atoms with van der Waals surface area (Å²) < 4.78 is 0. The third-order valence-corrected chi connectivity index (χ3v) is 3.95. The Balaban J connectivity index is 2.54. The molecule has 0 saturated heterocycles. The highest BCUT2D eigenvalue weighted by Crippen LogP contribution is 2.36. The molecule has 3 N–H and O–H groups in total. The Hall–Kier alpha value is -1.10. The van der Waals surface area contributed by atoms with Crippen molar-refractivity contribution < 1.29 is 14.7 Å². The van der Waals surface area contributed by atoms with Crippen molar-refractivity contribution in [1.82, 2.24) is 10.6 Å². The van der Waals surface area contributed by atoms with Gasteiger partial charge in [0.15, 0.2) is 0 Å². The van der Waals surface area contributed by atoms with Crippen LogP contribution in [0.4, 0.5) is 0 Å². The Bertz CT molecular complexity index is 323. The molecule has 0 aromatic heterocycles. The minimum Gasteiger partial charge on any atom is -0.396 e. The minimum atomic E-state index is -0.505. The van der Waals surface area contributed by atoms with Gasteiger partial charge in [-0.2, -0.15) is 0 Å². The van der Waals surface area contributed by atoms with Crippen molar-refractivity contribution in [2.75, 3.05) is 13.2 Å². The first kappa shape index (κ1) is 16.0. The molecule has 0 spiro atoms. The molecular weight excluding hydrogens is 244 g/mol. The summed E-state index contributed by atoms with van der Waals surface area (Å²) in [6, 6.07) is -0.505. The van der Waals surface area contributed by atoms with E-state index in [1.807, 2.05) is 13.8 Å². The molecule has 0 radical (unpaired) electrons. The topological polar surface area (TPSA) is 78.4 Å². The average Bonchev–Trinajstić information content (AvgIpc) is 2.82. The van der Waals surface area contributed by atoms with Crippen LogP contribution in [0.2, 0.25) is 0 Å². The molecule has 1 saturated carbocycles. The molecule has 1 unspecified atom stereocenters. The zero-order valence-electron chi connectivity index (χ0n) is 12.2. The molecule has 0 bridgehead atoms. The molecule has 1 aliphatic rings. The number of hydrogen-bond donors (Lipinski definition) is 3. The van der Waals surface area contributed by atoms with Crippen molar-refractivity contribution in [3.63, 3.8) is 0 Å². The molecule has 1 aliphatic carbocycles. The number of carbonyl (C=O) groups is 2. The van der Waals surface area contributed by atoms with Gasteiger partial charge in [0.05, 0.1) is 6.61 Å². The van der Waals surface area contributed by atoms with Crippen molar-refractivity contribution in [3.8, 4) is 0 Å². The molecule has 5 heteroatoms. The molecule has 1 rings (SSSR count). The van der Waals surface area contributed by atoms with Crippen LogP contribution in [-0.4, -0.2) is 36.1 Å². The van der Waals surface area contributed by atoms with Crippen LogP contribution in [0.1, 0.15) is 46.5 Å². The van der Waals surface area contributed by atoms with Crippen LogP contribution >= 0.6 is 0 Å². The lowest BCUT2D eigenvalue weighted by Crippen LogP contribution is -2.51. The second-order valence-electron chi connectivity index (χ2n) is 6.01. The second kappa shape index (κ2) is 6.89. The Morgan fingerprint density at radius 3 is 2.26 bits per heavy atom. The normalized spacial score (nSPS) is 19.2. The smallest absolute Gasteiger partial charge is 0.242 e. The number of carbonyl (C=O) groups excluding carboxylic acids is 2. The minimum absolute atomic E-state index is 0.0394. The first-order valence-corrected chi connectivity index (χ1v) is 7.06. The summed E-state index contributed by atoms with van der Waals surface area (Å²) in [4.78, 5) is 23.2. The Morgan fingerprint density at radius 1 is 1.26 bits per heavy atom. The molecule has 110 valence electrons. The van der Waals surface area contributed by atoms with E-state index in [2.05, 4.69) is 10.6 Å². The number of hydrogen-bond acceptors (Lipinski definition) is 3. The van der Waals surface area contributed by atoms with E-state index < -0.39 is 6.04 Å². The summed E-state index contributed by atoms with van der Waals surface area (Å²) in [6.07, 6.45) is 4.12. The zero-order chi connectivity index (χ0) is 14.5. The van der Waals surface area contributed by atoms with E-state index in [4.69, 9.17) is 0 Å².